The molecular weight excluding hydrogens is 318 g/mol. The summed E-state index contributed by atoms with van der Waals surface area (Å²) in [5.41, 5.74) is 2.90. The summed E-state index contributed by atoms with van der Waals surface area (Å²) >= 11 is 0. The van der Waals surface area contributed by atoms with Crippen molar-refractivity contribution >= 4 is 5.91 Å². The summed E-state index contributed by atoms with van der Waals surface area (Å²) in [4.78, 5) is 26.9. The van der Waals surface area contributed by atoms with E-state index in [9.17, 15) is 4.79 Å². The number of aryl methyl sites for hydroxylation is 2. The van der Waals surface area contributed by atoms with Crippen LogP contribution in [0.25, 0.3) is 11.6 Å². The van der Waals surface area contributed by atoms with Crippen LogP contribution < -0.4 is 0 Å². The summed E-state index contributed by atoms with van der Waals surface area (Å²) in [6.45, 7) is 5.13. The second-order valence-corrected chi connectivity index (χ2v) is 6.31. The first-order valence-electron chi connectivity index (χ1n) is 8.09. The highest BCUT2D eigenvalue weighted by molar-refractivity contribution is 5.95. The molecule has 2 aromatic heterocycles. The number of likely N-dealkylation sites (tertiary alicyclic amines) is 1. The summed E-state index contributed by atoms with van der Waals surface area (Å²) in [6, 6.07) is 7.62. The number of carbonyl (C=O) groups excluding carboxylic acids is 1. The summed E-state index contributed by atoms with van der Waals surface area (Å²) in [5, 5.41) is 3.93. The zero-order chi connectivity index (χ0) is 17.4. The Labute approximate surface area is 144 Å². The zero-order valence-corrected chi connectivity index (χ0v) is 14.0. The van der Waals surface area contributed by atoms with Crippen molar-refractivity contribution in [1.29, 1.82) is 0 Å². The number of hydrogen-bond acceptors (Lipinski definition) is 6. The number of carbonyl (C=O) groups is 1. The first kappa shape index (κ1) is 15.4. The highest BCUT2D eigenvalue weighted by Gasteiger charge is 2.36. The van der Waals surface area contributed by atoms with Crippen molar-refractivity contribution in [3.63, 3.8) is 0 Å². The molecule has 0 unspecified atom stereocenters. The van der Waals surface area contributed by atoms with E-state index >= 15 is 0 Å². The molecule has 1 amide bonds. The number of rotatable bonds is 3. The minimum atomic E-state index is 0.0363. The van der Waals surface area contributed by atoms with Crippen LogP contribution >= 0.6 is 0 Å². The van der Waals surface area contributed by atoms with Gasteiger partial charge in [-0.3, -0.25) is 4.79 Å². The summed E-state index contributed by atoms with van der Waals surface area (Å²) in [6.07, 6.45) is 3.26. The molecule has 1 fully saturated rings. The predicted octanol–water partition coefficient (Wildman–Crippen LogP) is 2.38. The van der Waals surface area contributed by atoms with Crippen LogP contribution in [0.4, 0.5) is 0 Å². The molecule has 0 radical (unpaired) electrons. The van der Waals surface area contributed by atoms with Gasteiger partial charge in [0.2, 0.25) is 17.5 Å². The fourth-order valence-corrected chi connectivity index (χ4v) is 2.99. The van der Waals surface area contributed by atoms with Crippen molar-refractivity contribution in [2.75, 3.05) is 13.1 Å². The SMILES string of the molecule is Cc1cc(C)cc(C(=O)N2CC(c3nc(-c4ncccn4)no3)C2)c1. The van der Waals surface area contributed by atoms with E-state index in [1.54, 1.807) is 23.4 Å². The molecule has 3 aromatic rings. The zero-order valence-electron chi connectivity index (χ0n) is 14.0. The number of nitrogens with zero attached hydrogens (tertiary/aromatic N) is 5. The van der Waals surface area contributed by atoms with Gasteiger partial charge in [-0.2, -0.15) is 4.98 Å². The Balaban J connectivity index is 1.44. The third-order valence-electron chi connectivity index (χ3n) is 4.19. The third kappa shape index (κ3) is 3.00. The molecule has 4 rings (SSSR count). The maximum Gasteiger partial charge on any atom is 0.253 e. The molecule has 3 heterocycles. The molecular formula is C18H17N5O2. The fourth-order valence-electron chi connectivity index (χ4n) is 2.99. The molecule has 0 bridgehead atoms. The number of benzene rings is 1. The van der Waals surface area contributed by atoms with Gasteiger partial charge < -0.3 is 9.42 Å². The van der Waals surface area contributed by atoms with Crippen molar-refractivity contribution in [1.82, 2.24) is 25.0 Å². The average Bonchev–Trinajstić information content (AvgIpc) is 3.03. The van der Waals surface area contributed by atoms with Gasteiger partial charge >= 0.3 is 0 Å². The highest BCUT2D eigenvalue weighted by atomic mass is 16.5. The van der Waals surface area contributed by atoms with E-state index in [2.05, 4.69) is 26.2 Å². The Morgan fingerprint density at radius 1 is 1.08 bits per heavy atom. The lowest BCUT2D eigenvalue weighted by Gasteiger charge is -2.37. The first-order valence-corrected chi connectivity index (χ1v) is 8.09. The number of hydrogen-bond donors (Lipinski definition) is 0. The second kappa shape index (κ2) is 6.08. The van der Waals surface area contributed by atoms with Crippen LogP contribution in [0, 0.1) is 13.8 Å². The predicted molar refractivity (Wildman–Crippen MR) is 89.9 cm³/mol. The quantitative estimate of drug-likeness (QED) is 0.730. The third-order valence-corrected chi connectivity index (χ3v) is 4.19. The monoisotopic (exact) mass is 335 g/mol. The smallest absolute Gasteiger partial charge is 0.253 e. The Kier molecular flexibility index (Phi) is 3.76. The van der Waals surface area contributed by atoms with Gasteiger partial charge in [-0.05, 0) is 32.0 Å². The average molecular weight is 335 g/mol. The Morgan fingerprint density at radius 2 is 1.76 bits per heavy atom. The molecule has 0 spiro atoms. The molecule has 126 valence electrons. The normalized spacial score (nSPS) is 14.4. The van der Waals surface area contributed by atoms with Crippen LogP contribution in [-0.2, 0) is 0 Å². The lowest BCUT2D eigenvalue weighted by molar-refractivity contribution is 0.0569. The van der Waals surface area contributed by atoms with Crippen molar-refractivity contribution in [2.45, 2.75) is 19.8 Å². The van der Waals surface area contributed by atoms with Gasteiger partial charge in [0, 0.05) is 31.0 Å². The van der Waals surface area contributed by atoms with E-state index in [4.69, 9.17) is 4.52 Å². The Bertz CT molecular complexity index is 896. The van der Waals surface area contributed by atoms with E-state index in [1.807, 2.05) is 26.0 Å². The van der Waals surface area contributed by atoms with Gasteiger partial charge in [-0.1, -0.05) is 22.3 Å². The molecule has 0 N–H and O–H groups in total. The number of aromatic nitrogens is 4. The lowest BCUT2D eigenvalue weighted by atomic mass is 9.98. The molecule has 25 heavy (non-hydrogen) atoms. The van der Waals surface area contributed by atoms with Gasteiger partial charge in [-0.25, -0.2) is 9.97 Å². The maximum absolute atomic E-state index is 12.6. The van der Waals surface area contributed by atoms with Crippen molar-refractivity contribution in [3.05, 3.63) is 59.2 Å². The number of amides is 1. The summed E-state index contributed by atoms with van der Waals surface area (Å²) in [7, 11) is 0. The molecule has 7 nitrogen and oxygen atoms in total. The van der Waals surface area contributed by atoms with Crippen molar-refractivity contribution in [3.8, 4) is 11.6 Å². The van der Waals surface area contributed by atoms with Gasteiger partial charge in [-0.15, -0.1) is 0 Å². The molecule has 0 aliphatic carbocycles. The molecule has 1 aliphatic heterocycles. The minimum absolute atomic E-state index is 0.0363. The van der Waals surface area contributed by atoms with Crippen molar-refractivity contribution in [2.24, 2.45) is 0 Å². The van der Waals surface area contributed by atoms with E-state index in [0.717, 1.165) is 16.7 Å². The van der Waals surface area contributed by atoms with Gasteiger partial charge in [0.05, 0.1) is 5.92 Å². The largest absolute Gasteiger partial charge is 0.338 e. The van der Waals surface area contributed by atoms with E-state index in [-0.39, 0.29) is 11.8 Å². The Morgan fingerprint density at radius 3 is 2.44 bits per heavy atom. The first-order chi connectivity index (χ1) is 12.1. The van der Waals surface area contributed by atoms with Gasteiger partial charge in [0.1, 0.15) is 0 Å². The molecule has 1 aromatic carbocycles. The highest BCUT2D eigenvalue weighted by Crippen LogP contribution is 2.28. The molecule has 7 heteroatoms. The Hall–Kier alpha value is -3.09. The lowest BCUT2D eigenvalue weighted by Crippen LogP contribution is -2.48. The summed E-state index contributed by atoms with van der Waals surface area (Å²) < 4.78 is 5.32. The van der Waals surface area contributed by atoms with Crippen LogP contribution in [0.3, 0.4) is 0 Å². The molecule has 0 atom stereocenters. The summed E-state index contributed by atoms with van der Waals surface area (Å²) in [5.74, 6) is 1.41. The fraction of sp³-hybridized carbons (Fsp3) is 0.278. The van der Waals surface area contributed by atoms with E-state index in [1.165, 1.54) is 0 Å². The molecule has 1 aliphatic rings. The second-order valence-electron chi connectivity index (χ2n) is 6.31. The van der Waals surface area contributed by atoms with Crippen LogP contribution in [0.5, 0.6) is 0 Å². The van der Waals surface area contributed by atoms with E-state index < -0.39 is 0 Å². The minimum Gasteiger partial charge on any atom is -0.338 e. The molecule has 0 saturated carbocycles. The maximum atomic E-state index is 12.6. The van der Waals surface area contributed by atoms with Crippen LogP contribution in [0.15, 0.2) is 41.2 Å². The standard InChI is InChI=1S/C18H17N5O2/c1-11-6-12(2)8-13(7-11)18(24)23-9-14(10-23)17-21-16(22-25-17)15-19-4-3-5-20-15/h3-8,14H,9-10H2,1-2H3. The topological polar surface area (TPSA) is 85.0 Å². The van der Waals surface area contributed by atoms with Gasteiger partial charge in [0.25, 0.3) is 5.91 Å². The van der Waals surface area contributed by atoms with Crippen LogP contribution in [0.1, 0.15) is 33.3 Å². The van der Waals surface area contributed by atoms with Crippen molar-refractivity contribution < 1.29 is 9.32 Å². The van der Waals surface area contributed by atoms with Crippen LogP contribution in [-0.4, -0.2) is 44.0 Å². The van der Waals surface area contributed by atoms with Gasteiger partial charge in [0.15, 0.2) is 0 Å². The molecule has 1 saturated heterocycles. The van der Waals surface area contributed by atoms with E-state index in [0.29, 0.717) is 30.6 Å². The van der Waals surface area contributed by atoms with Crippen LogP contribution in [0.2, 0.25) is 0 Å².